The van der Waals surface area contributed by atoms with Gasteiger partial charge in [-0.05, 0) is 100.0 Å². The maximum absolute atomic E-state index is 11.9. The Hall–Kier alpha value is -5.75. The minimum absolute atomic E-state index is 0.209. The molecule has 4 aliphatic rings. The Morgan fingerprint density at radius 1 is 0.588 bits per heavy atom. The third kappa shape index (κ3) is 3.85. The van der Waals surface area contributed by atoms with Crippen LogP contribution >= 0.6 is 11.8 Å². The fourth-order valence-corrected chi connectivity index (χ4v) is 10.1. The van der Waals surface area contributed by atoms with Crippen molar-refractivity contribution in [3.8, 4) is 28.4 Å². The molecule has 1 unspecified atom stereocenters. The zero-order chi connectivity index (χ0) is 33.8. The first kappa shape index (κ1) is 29.0. The Morgan fingerprint density at radius 3 is 2.06 bits per heavy atom. The van der Waals surface area contributed by atoms with E-state index in [4.69, 9.17) is 9.47 Å². The molecule has 1 spiro atoms. The number of rotatable bonds is 1. The van der Waals surface area contributed by atoms with Crippen molar-refractivity contribution in [1.29, 1.82) is 0 Å². The van der Waals surface area contributed by atoms with Gasteiger partial charge in [0.1, 0.15) is 29.5 Å². The lowest BCUT2D eigenvalue weighted by molar-refractivity contribution is 0.214. The third-order valence-electron chi connectivity index (χ3n) is 11.1. The summed E-state index contributed by atoms with van der Waals surface area (Å²) in [4.78, 5) is 4.65. The maximum Gasteiger partial charge on any atom is 0.141 e. The smallest absolute Gasteiger partial charge is 0.141 e. The molecule has 0 amide bonds. The molecule has 7 aromatic rings. The van der Waals surface area contributed by atoms with Crippen LogP contribution in [-0.2, 0) is 5.41 Å². The van der Waals surface area contributed by atoms with Gasteiger partial charge in [-0.15, -0.1) is 0 Å². The zero-order valence-corrected chi connectivity index (χ0v) is 28.5. The van der Waals surface area contributed by atoms with Gasteiger partial charge in [0, 0.05) is 11.3 Å². The van der Waals surface area contributed by atoms with Crippen molar-refractivity contribution in [2.45, 2.75) is 34.3 Å². The van der Waals surface area contributed by atoms with Crippen molar-refractivity contribution in [2.24, 2.45) is 0 Å². The number of aliphatic hydroxyl groups is 1. The van der Waals surface area contributed by atoms with Gasteiger partial charge in [-0.3, -0.25) is 0 Å². The van der Waals surface area contributed by atoms with Gasteiger partial charge in [0.05, 0.1) is 26.6 Å². The molecule has 0 fully saturated rings. The first-order chi connectivity index (χ1) is 25.1. The molecule has 0 radical (unpaired) electrons. The standard InChI is InChI=1S/C46H31NO3S/c1-27-29-23-22-28(26-33(29)44(48)32-13-3-9-19-39(32)49-27)47-37-17-7-5-15-35(37)46(36-16-6-8-18-38(36)47)34-14-4-2-12-30(34)31-24-25-41-45(43(31)46)51-42-21-11-10-20-40(42)50-41/h2-27,44,48H,1H3/t27-,44?/m1/s1. The molecule has 7 aromatic carbocycles. The van der Waals surface area contributed by atoms with Gasteiger partial charge in [-0.1, -0.05) is 115 Å². The summed E-state index contributed by atoms with van der Waals surface area (Å²) in [6.07, 6.45) is -1.03. The van der Waals surface area contributed by atoms with Crippen molar-refractivity contribution >= 4 is 28.8 Å². The highest BCUT2D eigenvalue weighted by molar-refractivity contribution is 7.99. The average molecular weight is 678 g/mol. The quantitative estimate of drug-likeness (QED) is 0.187. The van der Waals surface area contributed by atoms with E-state index in [1.165, 1.54) is 33.4 Å². The number of fused-ring (bicyclic) bond motifs is 14. The van der Waals surface area contributed by atoms with Crippen molar-refractivity contribution in [1.82, 2.24) is 0 Å². The summed E-state index contributed by atoms with van der Waals surface area (Å²) in [6, 6.07) is 53.6. The van der Waals surface area contributed by atoms with Gasteiger partial charge in [-0.25, -0.2) is 0 Å². The SMILES string of the molecule is C[C@H]1Oc2ccccc2C(O)c2cc(N3c4ccccc4C4(c5ccccc5-c5ccc6c(c54)Sc4ccccc4O6)c4ccccc43)ccc21. The van der Waals surface area contributed by atoms with Crippen LogP contribution in [0.5, 0.6) is 17.2 Å². The van der Waals surface area contributed by atoms with E-state index in [2.05, 4.69) is 133 Å². The molecule has 5 heteroatoms. The predicted octanol–water partition coefficient (Wildman–Crippen LogP) is 11.6. The molecule has 11 rings (SSSR count). The van der Waals surface area contributed by atoms with Gasteiger partial charge < -0.3 is 19.5 Å². The van der Waals surface area contributed by atoms with Crippen molar-refractivity contribution in [3.63, 3.8) is 0 Å². The van der Waals surface area contributed by atoms with Crippen molar-refractivity contribution in [2.75, 3.05) is 4.90 Å². The van der Waals surface area contributed by atoms with Gasteiger partial charge in [0.25, 0.3) is 0 Å². The van der Waals surface area contributed by atoms with Crippen LogP contribution in [0, 0.1) is 0 Å². The number of benzene rings is 7. The molecule has 51 heavy (non-hydrogen) atoms. The fourth-order valence-electron chi connectivity index (χ4n) is 9.00. The molecule has 3 heterocycles. The Morgan fingerprint density at radius 2 is 1.25 bits per heavy atom. The van der Waals surface area contributed by atoms with E-state index in [9.17, 15) is 5.11 Å². The summed E-state index contributed by atoms with van der Waals surface area (Å²) in [7, 11) is 0. The topological polar surface area (TPSA) is 41.9 Å². The molecule has 1 N–H and O–H groups in total. The summed E-state index contributed by atoms with van der Waals surface area (Å²) >= 11 is 1.81. The number of hydrogen-bond donors (Lipinski definition) is 1. The van der Waals surface area contributed by atoms with Gasteiger partial charge in [0.2, 0.25) is 0 Å². The third-order valence-corrected chi connectivity index (χ3v) is 12.2. The molecule has 4 nitrogen and oxygen atoms in total. The predicted molar refractivity (Wildman–Crippen MR) is 202 cm³/mol. The van der Waals surface area contributed by atoms with Crippen molar-refractivity contribution < 1.29 is 14.6 Å². The summed E-state index contributed by atoms with van der Waals surface area (Å²) in [5.41, 5.74) is 12.7. The van der Waals surface area contributed by atoms with Crippen molar-refractivity contribution in [3.05, 3.63) is 191 Å². The molecule has 0 saturated heterocycles. The van der Waals surface area contributed by atoms with Crippen LogP contribution in [0.4, 0.5) is 17.1 Å². The van der Waals surface area contributed by atoms with Gasteiger partial charge >= 0.3 is 0 Å². The van der Waals surface area contributed by atoms with Crippen LogP contribution in [0.2, 0.25) is 0 Å². The molecule has 0 saturated carbocycles. The van der Waals surface area contributed by atoms with Crippen LogP contribution in [0.15, 0.2) is 161 Å². The van der Waals surface area contributed by atoms with E-state index >= 15 is 0 Å². The highest BCUT2D eigenvalue weighted by atomic mass is 32.2. The second kappa shape index (κ2) is 10.6. The number of anilines is 3. The largest absolute Gasteiger partial charge is 0.486 e. The molecule has 3 aliphatic heterocycles. The Bertz CT molecular complexity index is 2550. The van der Waals surface area contributed by atoms with Crippen LogP contribution < -0.4 is 14.4 Å². The zero-order valence-electron chi connectivity index (χ0n) is 27.7. The highest BCUT2D eigenvalue weighted by Gasteiger charge is 2.53. The summed E-state index contributed by atoms with van der Waals surface area (Å²) in [6.45, 7) is 2.05. The van der Waals surface area contributed by atoms with E-state index in [1.807, 2.05) is 30.3 Å². The molecule has 244 valence electrons. The van der Waals surface area contributed by atoms with E-state index in [-0.39, 0.29) is 6.10 Å². The minimum Gasteiger partial charge on any atom is -0.486 e. The Kier molecular flexibility index (Phi) is 6.05. The van der Waals surface area contributed by atoms with E-state index in [0.29, 0.717) is 0 Å². The fraction of sp³-hybridized carbons (Fsp3) is 0.0870. The summed E-state index contributed by atoms with van der Waals surface area (Å²) in [5.74, 6) is 2.50. The lowest BCUT2D eigenvalue weighted by Gasteiger charge is -2.45. The Balaban J connectivity index is 1.18. The second-order valence-corrected chi connectivity index (χ2v) is 14.7. The minimum atomic E-state index is -0.817. The first-order valence-electron chi connectivity index (χ1n) is 17.4. The number of aliphatic hydroxyl groups excluding tert-OH is 1. The highest BCUT2D eigenvalue weighted by Crippen LogP contribution is 2.67. The van der Waals surface area contributed by atoms with Gasteiger partial charge in [0.15, 0.2) is 0 Å². The number of para-hydroxylation sites is 4. The molecule has 2 atom stereocenters. The number of nitrogens with zero attached hydrogens (tertiary/aromatic N) is 1. The van der Waals surface area contributed by atoms with E-state index in [0.717, 1.165) is 60.8 Å². The van der Waals surface area contributed by atoms with E-state index < -0.39 is 11.5 Å². The lowest BCUT2D eigenvalue weighted by Crippen LogP contribution is -2.36. The first-order valence-corrected chi connectivity index (χ1v) is 18.2. The normalized spacial score (nSPS) is 18.0. The monoisotopic (exact) mass is 677 g/mol. The van der Waals surface area contributed by atoms with Crippen LogP contribution in [0.25, 0.3) is 11.1 Å². The van der Waals surface area contributed by atoms with Crippen LogP contribution in [0.3, 0.4) is 0 Å². The van der Waals surface area contributed by atoms with Crippen LogP contribution in [-0.4, -0.2) is 5.11 Å². The summed E-state index contributed by atoms with van der Waals surface area (Å²) < 4.78 is 13.0. The average Bonchev–Trinajstić information content (AvgIpc) is 3.42. The second-order valence-electron chi connectivity index (χ2n) is 13.6. The molecular weight excluding hydrogens is 647 g/mol. The molecule has 0 bridgehead atoms. The lowest BCUT2D eigenvalue weighted by atomic mass is 9.64. The van der Waals surface area contributed by atoms with Gasteiger partial charge in [-0.2, -0.15) is 0 Å². The molecule has 1 aliphatic carbocycles. The number of hydrogen-bond acceptors (Lipinski definition) is 5. The molecular formula is C46H31NO3S. The Labute approximate surface area is 300 Å². The van der Waals surface area contributed by atoms with Crippen LogP contribution in [0.1, 0.15) is 58.1 Å². The summed E-state index contributed by atoms with van der Waals surface area (Å²) in [5, 5.41) is 11.9. The van der Waals surface area contributed by atoms with E-state index in [1.54, 1.807) is 11.8 Å². The number of ether oxygens (including phenoxy) is 2. The maximum atomic E-state index is 11.9. The molecule has 0 aromatic heterocycles.